The number of hydrogen-bond donors (Lipinski definition) is 1. The van der Waals surface area contributed by atoms with Crippen LogP contribution in [0.3, 0.4) is 0 Å². The zero-order valence-corrected chi connectivity index (χ0v) is 19.0. The first-order chi connectivity index (χ1) is 14.5. The van der Waals surface area contributed by atoms with Crippen LogP contribution in [0.5, 0.6) is 0 Å². The third-order valence-corrected chi connectivity index (χ3v) is 5.98. The number of sulfonamides is 1. The van der Waals surface area contributed by atoms with E-state index in [9.17, 15) is 23.3 Å². The van der Waals surface area contributed by atoms with Gasteiger partial charge in [0.2, 0.25) is 10.0 Å². The molecule has 1 heterocycles. The molecule has 0 aromatic heterocycles. The van der Waals surface area contributed by atoms with Gasteiger partial charge in [-0.2, -0.15) is 0 Å². The van der Waals surface area contributed by atoms with Gasteiger partial charge in [-0.1, -0.05) is 12.1 Å². The lowest BCUT2D eigenvalue weighted by Crippen LogP contribution is -2.34. The van der Waals surface area contributed by atoms with Gasteiger partial charge in [0, 0.05) is 40.9 Å². The van der Waals surface area contributed by atoms with E-state index >= 15 is 0 Å². The summed E-state index contributed by atoms with van der Waals surface area (Å²) in [6, 6.07) is 5.65. The fourth-order valence-corrected chi connectivity index (χ4v) is 4.60. The molecule has 0 spiro atoms. The molecule has 10 heteroatoms. The fraction of sp³-hybridized carbons (Fsp3) is 0.429. The minimum atomic E-state index is -3.73. The molecule has 0 saturated carbocycles. The molecule has 1 aliphatic heterocycles. The average molecular weight is 450 g/mol. The second-order valence-corrected chi connectivity index (χ2v) is 9.07. The van der Waals surface area contributed by atoms with Crippen LogP contribution in [-0.2, 0) is 19.6 Å². The summed E-state index contributed by atoms with van der Waals surface area (Å²) in [4.78, 5) is 28.0. The molecule has 0 saturated heterocycles. The van der Waals surface area contributed by atoms with Crippen LogP contribution in [0.1, 0.15) is 46.1 Å². The van der Waals surface area contributed by atoms with Crippen LogP contribution < -0.4 is 4.72 Å². The molecule has 9 nitrogen and oxygen atoms in total. The van der Waals surface area contributed by atoms with Crippen molar-refractivity contribution in [1.29, 1.82) is 0 Å². The predicted octanol–water partition coefficient (Wildman–Crippen LogP) is 3.45. The van der Waals surface area contributed by atoms with Gasteiger partial charge < -0.3 is 4.74 Å². The molecular weight excluding hydrogens is 422 g/mol. The number of nitrogens with zero attached hydrogens (tertiary/aromatic N) is 2. The Labute approximate surface area is 182 Å². The number of non-ortho nitro benzene ring substituents is 1. The Morgan fingerprint density at radius 3 is 2.61 bits per heavy atom. The van der Waals surface area contributed by atoms with Crippen LogP contribution in [0, 0.1) is 16.0 Å². The summed E-state index contributed by atoms with van der Waals surface area (Å²) in [5.41, 5.74) is 1.85. The molecule has 2 unspecified atom stereocenters. The van der Waals surface area contributed by atoms with Crippen LogP contribution in [-0.4, -0.2) is 37.7 Å². The summed E-state index contributed by atoms with van der Waals surface area (Å²) in [7, 11) is -3.73. The average Bonchev–Trinajstić information content (AvgIpc) is 2.65. The Morgan fingerprint density at radius 2 is 2.03 bits per heavy atom. The smallest absolute Gasteiger partial charge is 0.315 e. The second kappa shape index (κ2) is 9.97. The highest BCUT2D eigenvalue weighted by atomic mass is 32.2. The number of allylic oxidation sites excluding steroid dienone is 3. The number of esters is 1. The highest BCUT2D eigenvalue weighted by Gasteiger charge is 2.39. The van der Waals surface area contributed by atoms with E-state index in [0.29, 0.717) is 22.5 Å². The molecule has 0 amide bonds. The molecule has 0 aliphatic carbocycles. The topological polar surface area (TPSA) is 128 Å². The number of nitrogens with one attached hydrogen (secondary N) is 1. The first-order valence-electron chi connectivity index (χ1n) is 9.84. The standard InChI is InChI=1S/C21H27N3O6S/c1-6-30-21(25)19-15(5)22-14(4)18(10-11-31(28,29)23-13(2)3)20(19)16-8-7-9-17(12-16)24(26)27/h7-13,19-20,23H,6H2,1-5H3. The van der Waals surface area contributed by atoms with Crippen molar-refractivity contribution in [3.8, 4) is 0 Å². The number of aliphatic imine (C=N–C) groups is 1. The Kier molecular flexibility index (Phi) is 7.85. The zero-order valence-electron chi connectivity index (χ0n) is 18.2. The van der Waals surface area contributed by atoms with Crippen molar-refractivity contribution in [2.45, 2.75) is 46.6 Å². The van der Waals surface area contributed by atoms with E-state index < -0.39 is 32.8 Å². The van der Waals surface area contributed by atoms with Gasteiger partial charge in [0.25, 0.3) is 5.69 Å². The molecule has 168 valence electrons. The number of carbonyl (C=O) groups is 1. The molecule has 1 aromatic carbocycles. The first kappa shape index (κ1) is 24.4. The lowest BCUT2D eigenvalue weighted by atomic mass is 9.75. The van der Waals surface area contributed by atoms with Crippen molar-refractivity contribution in [3.05, 3.63) is 62.7 Å². The van der Waals surface area contributed by atoms with Crippen LogP contribution in [0.4, 0.5) is 5.69 Å². The van der Waals surface area contributed by atoms with Crippen molar-refractivity contribution in [3.63, 3.8) is 0 Å². The Morgan fingerprint density at radius 1 is 1.35 bits per heavy atom. The van der Waals surface area contributed by atoms with Gasteiger partial charge in [-0.3, -0.25) is 19.9 Å². The molecule has 1 aliphatic rings. The minimum absolute atomic E-state index is 0.129. The lowest BCUT2D eigenvalue weighted by molar-refractivity contribution is -0.384. The van der Waals surface area contributed by atoms with Gasteiger partial charge in [0.15, 0.2) is 0 Å². The van der Waals surface area contributed by atoms with E-state index in [2.05, 4.69) is 9.71 Å². The maximum atomic E-state index is 12.8. The minimum Gasteiger partial charge on any atom is -0.465 e. The van der Waals surface area contributed by atoms with Crippen LogP contribution >= 0.6 is 0 Å². The largest absolute Gasteiger partial charge is 0.465 e. The predicted molar refractivity (Wildman–Crippen MR) is 118 cm³/mol. The van der Waals surface area contributed by atoms with Crippen LogP contribution in [0.15, 0.2) is 52.0 Å². The van der Waals surface area contributed by atoms with E-state index in [0.717, 1.165) is 5.41 Å². The lowest BCUT2D eigenvalue weighted by Gasteiger charge is -2.31. The summed E-state index contributed by atoms with van der Waals surface area (Å²) in [5, 5.41) is 12.3. The highest BCUT2D eigenvalue weighted by Crippen LogP contribution is 2.41. The number of benzene rings is 1. The van der Waals surface area contributed by atoms with Crippen molar-refractivity contribution >= 4 is 27.4 Å². The fourth-order valence-electron chi connectivity index (χ4n) is 3.54. The highest BCUT2D eigenvalue weighted by molar-refractivity contribution is 7.92. The summed E-state index contributed by atoms with van der Waals surface area (Å²) in [6.07, 6.45) is 1.39. The van der Waals surface area contributed by atoms with E-state index in [1.54, 1.807) is 40.7 Å². The Bertz CT molecular complexity index is 1060. The van der Waals surface area contributed by atoms with Crippen molar-refractivity contribution in [1.82, 2.24) is 4.72 Å². The van der Waals surface area contributed by atoms with Gasteiger partial charge >= 0.3 is 5.97 Å². The third kappa shape index (κ3) is 6.08. The van der Waals surface area contributed by atoms with E-state index in [-0.39, 0.29) is 18.3 Å². The second-order valence-electron chi connectivity index (χ2n) is 7.47. The van der Waals surface area contributed by atoms with Crippen molar-refractivity contribution in [2.75, 3.05) is 6.61 Å². The van der Waals surface area contributed by atoms with Gasteiger partial charge in [-0.25, -0.2) is 13.1 Å². The number of rotatable bonds is 8. The molecule has 2 atom stereocenters. The van der Waals surface area contributed by atoms with E-state index in [4.69, 9.17) is 4.74 Å². The molecular formula is C21H27N3O6S. The summed E-state index contributed by atoms with van der Waals surface area (Å²) in [5.74, 6) is -2.06. The third-order valence-electron chi connectivity index (χ3n) is 4.69. The number of nitro benzene ring substituents is 1. The maximum absolute atomic E-state index is 12.8. The summed E-state index contributed by atoms with van der Waals surface area (Å²) in [6.45, 7) is 8.64. The van der Waals surface area contributed by atoms with Gasteiger partial charge in [0.05, 0.1) is 11.5 Å². The molecule has 0 fully saturated rings. The van der Waals surface area contributed by atoms with E-state index in [1.165, 1.54) is 24.3 Å². The van der Waals surface area contributed by atoms with Gasteiger partial charge in [-0.15, -0.1) is 0 Å². The zero-order chi connectivity index (χ0) is 23.3. The van der Waals surface area contributed by atoms with Crippen molar-refractivity contribution < 1.29 is 22.9 Å². The first-order valence-corrected chi connectivity index (χ1v) is 11.4. The molecule has 0 radical (unpaired) electrons. The monoisotopic (exact) mass is 449 g/mol. The van der Waals surface area contributed by atoms with Crippen LogP contribution in [0.25, 0.3) is 0 Å². The molecule has 2 rings (SSSR count). The number of hydrogen-bond acceptors (Lipinski definition) is 7. The summed E-state index contributed by atoms with van der Waals surface area (Å²) < 4.78 is 32.3. The Hall–Kier alpha value is -2.85. The molecule has 1 aromatic rings. The number of nitro groups is 1. The molecule has 1 N–H and O–H groups in total. The molecule has 0 bridgehead atoms. The summed E-state index contributed by atoms with van der Waals surface area (Å²) >= 11 is 0. The number of ether oxygens (including phenoxy) is 1. The Balaban J connectivity index is 2.66. The molecule has 31 heavy (non-hydrogen) atoms. The quantitative estimate of drug-likeness (QED) is 0.368. The maximum Gasteiger partial charge on any atom is 0.315 e. The van der Waals surface area contributed by atoms with Gasteiger partial charge in [-0.05, 0) is 51.8 Å². The number of carbonyl (C=O) groups excluding carboxylic acids is 1. The van der Waals surface area contributed by atoms with E-state index in [1.807, 2.05) is 0 Å². The van der Waals surface area contributed by atoms with Crippen LogP contribution in [0.2, 0.25) is 0 Å². The van der Waals surface area contributed by atoms with Crippen molar-refractivity contribution in [2.24, 2.45) is 10.9 Å². The van der Waals surface area contributed by atoms with Gasteiger partial charge in [0.1, 0.15) is 5.92 Å². The SMILES string of the molecule is CCOC(=O)C1C(C)=NC(C)=C(C=CS(=O)(=O)NC(C)C)C1c1cccc([N+](=O)[O-])c1. The normalized spacial score (nSPS) is 19.6.